The molecule has 0 amide bonds. The zero-order chi connectivity index (χ0) is 16.5. The van der Waals surface area contributed by atoms with Crippen LogP contribution in [0.2, 0.25) is 0 Å². The number of rotatable bonds is 7. The molecular formula is C17H27BrN4O. The van der Waals surface area contributed by atoms with Gasteiger partial charge < -0.3 is 20.3 Å². The molecule has 1 unspecified atom stereocenters. The van der Waals surface area contributed by atoms with Crippen molar-refractivity contribution >= 4 is 27.6 Å². The van der Waals surface area contributed by atoms with Crippen LogP contribution >= 0.6 is 15.9 Å². The number of aliphatic imine (C=N–C) groups is 1. The molecule has 1 heterocycles. The number of halogens is 1. The van der Waals surface area contributed by atoms with Gasteiger partial charge in [0.05, 0.1) is 0 Å². The van der Waals surface area contributed by atoms with Gasteiger partial charge in [0.15, 0.2) is 5.96 Å². The maximum Gasteiger partial charge on any atom is 0.191 e. The number of ether oxygens (including phenoxy) is 1. The van der Waals surface area contributed by atoms with E-state index in [1.54, 1.807) is 0 Å². The van der Waals surface area contributed by atoms with Crippen molar-refractivity contribution in [1.82, 2.24) is 10.6 Å². The van der Waals surface area contributed by atoms with Crippen molar-refractivity contribution in [1.29, 1.82) is 0 Å². The van der Waals surface area contributed by atoms with Crippen molar-refractivity contribution < 1.29 is 4.74 Å². The van der Waals surface area contributed by atoms with Gasteiger partial charge in [0.25, 0.3) is 0 Å². The van der Waals surface area contributed by atoms with E-state index in [4.69, 9.17) is 4.74 Å². The first-order chi connectivity index (χ1) is 11.2. The summed E-state index contributed by atoms with van der Waals surface area (Å²) in [4.78, 5) is 6.72. The average molecular weight is 383 g/mol. The molecule has 1 fully saturated rings. The summed E-state index contributed by atoms with van der Waals surface area (Å²) < 4.78 is 6.46. The summed E-state index contributed by atoms with van der Waals surface area (Å²) >= 11 is 3.48. The van der Waals surface area contributed by atoms with Gasteiger partial charge in [-0.15, -0.1) is 0 Å². The van der Waals surface area contributed by atoms with E-state index in [1.807, 2.05) is 14.0 Å². The van der Waals surface area contributed by atoms with Crippen LogP contribution in [0.3, 0.4) is 0 Å². The van der Waals surface area contributed by atoms with Gasteiger partial charge in [0.2, 0.25) is 0 Å². The molecule has 0 bridgehead atoms. The predicted molar refractivity (Wildman–Crippen MR) is 100 cm³/mol. The first kappa shape index (κ1) is 18.1. The molecule has 0 radical (unpaired) electrons. The monoisotopic (exact) mass is 382 g/mol. The largest absolute Gasteiger partial charge is 0.382 e. The molecule has 1 aromatic rings. The van der Waals surface area contributed by atoms with E-state index in [0.29, 0.717) is 6.04 Å². The minimum Gasteiger partial charge on any atom is -0.382 e. The second kappa shape index (κ2) is 9.78. The Morgan fingerprint density at radius 1 is 1.39 bits per heavy atom. The van der Waals surface area contributed by atoms with Gasteiger partial charge in [-0.25, -0.2) is 0 Å². The van der Waals surface area contributed by atoms with Gasteiger partial charge in [-0.1, -0.05) is 15.9 Å². The third-order valence-electron chi connectivity index (χ3n) is 3.91. The van der Waals surface area contributed by atoms with E-state index in [2.05, 4.69) is 60.7 Å². The highest BCUT2D eigenvalue weighted by atomic mass is 79.9. The summed E-state index contributed by atoms with van der Waals surface area (Å²) in [5.74, 6) is 0.879. The number of hydrogen-bond acceptors (Lipinski definition) is 3. The number of hydrogen-bond donors (Lipinski definition) is 2. The molecule has 1 aliphatic rings. The number of nitrogens with one attached hydrogen (secondary N) is 2. The van der Waals surface area contributed by atoms with Crippen LogP contribution in [0.1, 0.15) is 19.8 Å². The molecule has 0 spiro atoms. The Kier molecular flexibility index (Phi) is 7.68. The Morgan fingerprint density at radius 3 is 2.87 bits per heavy atom. The predicted octanol–water partition coefficient (Wildman–Crippen LogP) is 2.62. The Balaban J connectivity index is 1.74. The van der Waals surface area contributed by atoms with E-state index in [9.17, 15) is 0 Å². The molecule has 2 rings (SSSR count). The summed E-state index contributed by atoms with van der Waals surface area (Å²) in [7, 11) is 1.82. The first-order valence-electron chi connectivity index (χ1n) is 8.28. The summed E-state index contributed by atoms with van der Waals surface area (Å²) in [6.07, 6.45) is 2.11. The minimum absolute atomic E-state index is 0.428. The van der Waals surface area contributed by atoms with Crippen LogP contribution in [-0.4, -0.2) is 51.9 Å². The minimum atomic E-state index is 0.428. The molecule has 128 valence electrons. The van der Waals surface area contributed by atoms with Gasteiger partial charge >= 0.3 is 0 Å². The quantitative estimate of drug-likeness (QED) is 0.432. The summed E-state index contributed by atoms with van der Waals surface area (Å²) in [6.45, 7) is 6.54. The zero-order valence-corrected chi connectivity index (χ0v) is 15.6. The van der Waals surface area contributed by atoms with Crippen molar-refractivity contribution in [2.75, 3.05) is 44.8 Å². The first-order valence-corrected chi connectivity index (χ1v) is 9.07. The van der Waals surface area contributed by atoms with Crippen LogP contribution in [0.5, 0.6) is 0 Å². The normalized spacial score (nSPS) is 18.3. The molecule has 1 aromatic carbocycles. The smallest absolute Gasteiger partial charge is 0.191 e. The lowest BCUT2D eigenvalue weighted by Crippen LogP contribution is -2.45. The Bertz CT molecular complexity index is 492. The SMILES string of the molecule is CCOCCCNC(=NC)NC1CCN(c2ccc(Br)cc2)C1. The molecule has 6 heteroatoms. The van der Waals surface area contributed by atoms with E-state index in [-0.39, 0.29) is 0 Å². The molecule has 2 N–H and O–H groups in total. The second-order valence-electron chi connectivity index (χ2n) is 5.60. The third-order valence-corrected chi connectivity index (χ3v) is 4.44. The second-order valence-corrected chi connectivity index (χ2v) is 6.52. The fourth-order valence-corrected chi connectivity index (χ4v) is 2.94. The standard InChI is InChI=1S/C17H27BrN4O/c1-3-23-12-4-10-20-17(19-2)21-15-9-11-22(13-15)16-7-5-14(18)6-8-16/h5-8,15H,3-4,9-13H2,1-2H3,(H2,19,20,21). The van der Waals surface area contributed by atoms with Gasteiger partial charge in [-0.05, 0) is 44.0 Å². The van der Waals surface area contributed by atoms with Gasteiger partial charge in [0.1, 0.15) is 0 Å². The molecule has 1 saturated heterocycles. The highest BCUT2D eigenvalue weighted by Gasteiger charge is 2.23. The van der Waals surface area contributed by atoms with Crippen LogP contribution < -0.4 is 15.5 Å². The van der Waals surface area contributed by atoms with Crippen LogP contribution in [0.25, 0.3) is 0 Å². The van der Waals surface area contributed by atoms with Gasteiger partial charge in [0, 0.05) is 56.1 Å². The summed E-state index contributed by atoms with van der Waals surface area (Å²) in [6, 6.07) is 8.93. The van der Waals surface area contributed by atoms with Crippen molar-refractivity contribution in [3.63, 3.8) is 0 Å². The van der Waals surface area contributed by atoms with Crippen LogP contribution in [0, 0.1) is 0 Å². The van der Waals surface area contributed by atoms with Crippen LogP contribution in [0.15, 0.2) is 33.7 Å². The molecule has 0 aliphatic carbocycles. The number of anilines is 1. The van der Waals surface area contributed by atoms with E-state index >= 15 is 0 Å². The Labute approximate surface area is 147 Å². The summed E-state index contributed by atoms with van der Waals surface area (Å²) in [5, 5.41) is 6.87. The lowest BCUT2D eigenvalue weighted by atomic mass is 10.3. The van der Waals surface area contributed by atoms with E-state index in [1.165, 1.54) is 5.69 Å². The topological polar surface area (TPSA) is 48.9 Å². The Morgan fingerprint density at radius 2 is 2.17 bits per heavy atom. The highest BCUT2D eigenvalue weighted by Crippen LogP contribution is 2.22. The van der Waals surface area contributed by atoms with E-state index < -0.39 is 0 Å². The number of benzene rings is 1. The average Bonchev–Trinajstić information content (AvgIpc) is 3.02. The molecule has 5 nitrogen and oxygen atoms in total. The molecule has 23 heavy (non-hydrogen) atoms. The lowest BCUT2D eigenvalue weighted by molar-refractivity contribution is 0.145. The molecule has 0 aromatic heterocycles. The van der Waals surface area contributed by atoms with Crippen molar-refractivity contribution in [2.45, 2.75) is 25.8 Å². The van der Waals surface area contributed by atoms with Gasteiger partial charge in [-0.3, -0.25) is 4.99 Å². The molecule has 1 atom stereocenters. The van der Waals surface area contributed by atoms with Crippen LogP contribution in [-0.2, 0) is 4.74 Å². The fourth-order valence-electron chi connectivity index (χ4n) is 2.68. The highest BCUT2D eigenvalue weighted by molar-refractivity contribution is 9.10. The number of guanidine groups is 1. The molecule has 0 saturated carbocycles. The zero-order valence-electron chi connectivity index (χ0n) is 14.0. The van der Waals surface area contributed by atoms with Crippen molar-refractivity contribution in [3.05, 3.63) is 28.7 Å². The lowest BCUT2D eigenvalue weighted by Gasteiger charge is -2.20. The van der Waals surface area contributed by atoms with Crippen molar-refractivity contribution in [2.24, 2.45) is 4.99 Å². The summed E-state index contributed by atoms with van der Waals surface area (Å²) in [5.41, 5.74) is 1.28. The maximum atomic E-state index is 5.34. The number of nitrogens with zero attached hydrogens (tertiary/aromatic N) is 2. The van der Waals surface area contributed by atoms with Gasteiger partial charge in [-0.2, -0.15) is 0 Å². The molecular weight excluding hydrogens is 356 g/mol. The van der Waals surface area contributed by atoms with Crippen molar-refractivity contribution in [3.8, 4) is 0 Å². The molecule has 1 aliphatic heterocycles. The Hall–Kier alpha value is -1.27. The van der Waals surface area contributed by atoms with Crippen LogP contribution in [0.4, 0.5) is 5.69 Å². The maximum absolute atomic E-state index is 5.34. The fraction of sp³-hybridized carbons (Fsp3) is 0.588. The third kappa shape index (κ3) is 6.03. The van der Waals surface area contributed by atoms with E-state index in [0.717, 1.165) is 56.1 Å².